The first-order chi connectivity index (χ1) is 17.7. The van der Waals surface area contributed by atoms with Crippen LogP contribution in [0.2, 0.25) is 0 Å². The highest BCUT2D eigenvalue weighted by atomic mass is 19.1. The predicted molar refractivity (Wildman–Crippen MR) is 135 cm³/mol. The van der Waals surface area contributed by atoms with Crippen LogP contribution in [0, 0.1) is 25.1 Å². The maximum absolute atomic E-state index is 13.4. The van der Waals surface area contributed by atoms with Gasteiger partial charge in [0.05, 0.1) is 29.8 Å². The van der Waals surface area contributed by atoms with Crippen LogP contribution in [-0.4, -0.2) is 40.8 Å². The van der Waals surface area contributed by atoms with Crippen molar-refractivity contribution in [3.63, 3.8) is 0 Å². The van der Waals surface area contributed by atoms with E-state index in [1.54, 1.807) is 12.3 Å². The quantitative estimate of drug-likeness (QED) is 0.390. The second-order valence-corrected chi connectivity index (χ2v) is 10.3. The summed E-state index contributed by atoms with van der Waals surface area (Å²) in [6.45, 7) is 7.92. The van der Waals surface area contributed by atoms with Gasteiger partial charge in [-0.3, -0.25) is 9.89 Å². The fourth-order valence-electron chi connectivity index (χ4n) is 5.02. The maximum atomic E-state index is 13.4. The van der Waals surface area contributed by atoms with Gasteiger partial charge in [0.1, 0.15) is 5.82 Å². The van der Waals surface area contributed by atoms with E-state index in [0.29, 0.717) is 18.7 Å². The molecule has 0 bridgehead atoms. The molecule has 1 aliphatic carbocycles. The molecule has 0 aliphatic heterocycles. The van der Waals surface area contributed by atoms with Gasteiger partial charge in [0.15, 0.2) is 11.6 Å². The molecule has 4 aromatic heterocycles. The first-order valence-electron chi connectivity index (χ1n) is 12.5. The highest BCUT2D eigenvalue weighted by molar-refractivity contribution is 5.83. The lowest BCUT2D eigenvalue weighted by molar-refractivity contribution is -0.130. The Kier molecular flexibility index (Phi) is 6.57. The summed E-state index contributed by atoms with van der Waals surface area (Å²) in [4.78, 5) is 27.3. The molecule has 3 atom stereocenters. The molecule has 2 N–H and O–H groups in total. The lowest BCUT2D eigenvalue weighted by Gasteiger charge is -2.26. The Hall–Kier alpha value is -3.95. The van der Waals surface area contributed by atoms with Crippen molar-refractivity contribution in [2.75, 3.05) is 0 Å². The van der Waals surface area contributed by atoms with Crippen LogP contribution in [0.1, 0.15) is 79.2 Å². The number of nitrogens with one attached hydrogen (secondary N) is 2. The topological polar surface area (TPSA) is 114 Å². The number of hydrogen-bond acceptors (Lipinski definition) is 6. The zero-order valence-electron chi connectivity index (χ0n) is 21.5. The zero-order chi connectivity index (χ0) is 26.2. The van der Waals surface area contributed by atoms with Crippen LogP contribution < -0.4 is 5.32 Å². The van der Waals surface area contributed by atoms with Crippen molar-refractivity contribution < 1.29 is 9.18 Å². The van der Waals surface area contributed by atoms with E-state index < -0.39 is 11.2 Å². The lowest BCUT2D eigenvalue weighted by atomic mass is 9.86. The van der Waals surface area contributed by atoms with E-state index in [0.717, 1.165) is 53.2 Å². The second kappa shape index (κ2) is 9.84. The van der Waals surface area contributed by atoms with Crippen molar-refractivity contribution in [1.82, 2.24) is 40.2 Å². The number of nitrogens with zero attached hydrogens (tertiary/aromatic N) is 6. The molecule has 1 amide bonds. The van der Waals surface area contributed by atoms with Gasteiger partial charge in [0, 0.05) is 35.3 Å². The van der Waals surface area contributed by atoms with Crippen molar-refractivity contribution in [1.29, 1.82) is 0 Å². The second-order valence-electron chi connectivity index (χ2n) is 10.3. The number of aromatic amines is 1. The summed E-state index contributed by atoms with van der Waals surface area (Å²) < 4.78 is 14.6. The number of rotatable bonds is 7. The molecule has 0 saturated heterocycles. The number of aryl methyl sites for hydroxylation is 2. The normalized spacial score (nSPS) is 20.2. The van der Waals surface area contributed by atoms with E-state index in [1.165, 1.54) is 10.9 Å². The van der Waals surface area contributed by atoms with Gasteiger partial charge in [0.25, 0.3) is 0 Å². The standard InChI is InChI=1S/C27H31FN8O/c1-16-9-22(11-23-10-17(2)34-35-23)33-25(31-16)19-7-8-27(4,12-19)26(37)32-18(3)20-5-6-24(29-13-20)36-15-21(28)14-30-36/h5-6,9-10,13-15,18-19H,7-8,11-12H2,1-4H3,(H,32,37)(H,34,35)/t18-,19-,27-/m0/s1. The maximum Gasteiger partial charge on any atom is 0.226 e. The van der Waals surface area contributed by atoms with E-state index in [1.807, 2.05) is 45.9 Å². The van der Waals surface area contributed by atoms with Crippen molar-refractivity contribution >= 4 is 5.91 Å². The number of carbonyl (C=O) groups is 1. The molecule has 5 rings (SSSR count). The number of halogens is 1. The fourth-order valence-corrected chi connectivity index (χ4v) is 5.02. The van der Waals surface area contributed by atoms with E-state index in [9.17, 15) is 9.18 Å². The van der Waals surface area contributed by atoms with Gasteiger partial charge in [-0.25, -0.2) is 24.0 Å². The Bertz CT molecular complexity index is 1410. The summed E-state index contributed by atoms with van der Waals surface area (Å²) in [5.74, 6) is 1.04. The van der Waals surface area contributed by atoms with E-state index in [2.05, 4.69) is 25.6 Å². The van der Waals surface area contributed by atoms with Gasteiger partial charge in [-0.05, 0) is 63.8 Å². The third kappa shape index (κ3) is 5.42. The molecule has 9 nitrogen and oxygen atoms in total. The highest BCUT2D eigenvalue weighted by Gasteiger charge is 2.43. The molecule has 37 heavy (non-hydrogen) atoms. The Morgan fingerprint density at radius 2 is 2.08 bits per heavy atom. The lowest BCUT2D eigenvalue weighted by Crippen LogP contribution is -2.38. The summed E-state index contributed by atoms with van der Waals surface area (Å²) in [5.41, 5.74) is 4.19. The van der Waals surface area contributed by atoms with Crippen molar-refractivity contribution in [2.24, 2.45) is 5.41 Å². The monoisotopic (exact) mass is 502 g/mol. The number of H-pyrrole nitrogens is 1. The first-order valence-corrected chi connectivity index (χ1v) is 12.5. The zero-order valence-corrected chi connectivity index (χ0v) is 21.5. The third-order valence-corrected chi connectivity index (χ3v) is 7.10. The minimum Gasteiger partial charge on any atom is -0.349 e. The van der Waals surface area contributed by atoms with Crippen LogP contribution in [0.3, 0.4) is 0 Å². The third-order valence-electron chi connectivity index (χ3n) is 7.10. The first kappa shape index (κ1) is 24.7. The summed E-state index contributed by atoms with van der Waals surface area (Å²) in [7, 11) is 0. The summed E-state index contributed by atoms with van der Waals surface area (Å²) in [6, 6.07) is 7.43. The molecule has 4 aromatic rings. The van der Waals surface area contributed by atoms with Gasteiger partial charge < -0.3 is 5.32 Å². The molecule has 0 radical (unpaired) electrons. The molecule has 1 aliphatic rings. The molecule has 192 valence electrons. The number of aromatic nitrogens is 7. The van der Waals surface area contributed by atoms with Gasteiger partial charge in [-0.15, -0.1) is 0 Å². The van der Waals surface area contributed by atoms with Crippen LogP contribution in [0.25, 0.3) is 5.82 Å². The van der Waals surface area contributed by atoms with E-state index >= 15 is 0 Å². The predicted octanol–water partition coefficient (Wildman–Crippen LogP) is 4.28. The molecule has 4 heterocycles. The molecule has 0 spiro atoms. The minimum absolute atomic E-state index is 0.0144. The fraction of sp³-hybridized carbons (Fsp3) is 0.407. The SMILES string of the molecule is Cc1cc(Cc2cc(C)[nH]n2)nc([C@H]2CC[C@](C)(C(=O)N[C@@H](C)c3ccc(-n4cc(F)cn4)nc3)C2)n1. The van der Waals surface area contributed by atoms with Crippen LogP contribution in [0.15, 0.2) is 42.9 Å². The number of carbonyl (C=O) groups excluding carboxylic acids is 1. The summed E-state index contributed by atoms with van der Waals surface area (Å²) in [6.07, 6.45) is 7.05. The van der Waals surface area contributed by atoms with Crippen LogP contribution in [0.4, 0.5) is 4.39 Å². The molecule has 1 saturated carbocycles. The smallest absolute Gasteiger partial charge is 0.226 e. The van der Waals surface area contributed by atoms with Crippen LogP contribution in [0.5, 0.6) is 0 Å². The summed E-state index contributed by atoms with van der Waals surface area (Å²) in [5, 5.41) is 14.4. The van der Waals surface area contributed by atoms with Crippen molar-refractivity contribution in [3.8, 4) is 5.82 Å². The van der Waals surface area contributed by atoms with Gasteiger partial charge >= 0.3 is 0 Å². The Balaban J connectivity index is 1.23. The van der Waals surface area contributed by atoms with E-state index in [4.69, 9.17) is 9.97 Å². The van der Waals surface area contributed by atoms with Crippen LogP contribution >= 0.6 is 0 Å². The van der Waals surface area contributed by atoms with E-state index in [-0.39, 0.29) is 17.9 Å². The Morgan fingerprint density at radius 3 is 2.76 bits per heavy atom. The van der Waals surface area contributed by atoms with Crippen LogP contribution in [-0.2, 0) is 11.2 Å². The van der Waals surface area contributed by atoms with Gasteiger partial charge in [0.2, 0.25) is 5.91 Å². The van der Waals surface area contributed by atoms with Crippen molar-refractivity contribution in [3.05, 3.63) is 82.8 Å². The van der Waals surface area contributed by atoms with Crippen molar-refractivity contribution in [2.45, 2.75) is 65.3 Å². The molecule has 0 unspecified atom stereocenters. The highest BCUT2D eigenvalue weighted by Crippen LogP contribution is 2.46. The number of amides is 1. The molecular weight excluding hydrogens is 471 g/mol. The molecule has 1 fully saturated rings. The minimum atomic E-state index is -0.508. The Labute approximate surface area is 215 Å². The molecular formula is C27H31FN8O. The van der Waals surface area contributed by atoms with Gasteiger partial charge in [-0.1, -0.05) is 13.0 Å². The number of pyridine rings is 1. The number of hydrogen-bond donors (Lipinski definition) is 2. The average Bonchev–Trinajstić information content (AvgIpc) is 3.59. The Morgan fingerprint density at radius 1 is 1.24 bits per heavy atom. The average molecular weight is 503 g/mol. The largest absolute Gasteiger partial charge is 0.349 e. The molecule has 10 heteroatoms. The molecule has 0 aromatic carbocycles. The summed E-state index contributed by atoms with van der Waals surface area (Å²) >= 11 is 0. The van der Waals surface area contributed by atoms with Gasteiger partial charge in [-0.2, -0.15) is 10.2 Å².